The molecular formula is C20H16FN7O2. The predicted octanol–water partition coefficient (Wildman–Crippen LogP) is 2.22. The molecule has 0 saturated carbocycles. The van der Waals surface area contributed by atoms with E-state index in [1.54, 1.807) is 31.2 Å². The van der Waals surface area contributed by atoms with Gasteiger partial charge in [0.15, 0.2) is 5.82 Å². The fourth-order valence-electron chi connectivity index (χ4n) is 3.59. The van der Waals surface area contributed by atoms with Gasteiger partial charge in [-0.2, -0.15) is 5.10 Å². The second kappa shape index (κ2) is 6.48. The van der Waals surface area contributed by atoms with Crippen LogP contribution in [0.25, 0.3) is 39.0 Å². The zero-order chi connectivity index (χ0) is 21.0. The minimum absolute atomic E-state index is 0.0817. The summed E-state index contributed by atoms with van der Waals surface area (Å²) >= 11 is 0. The molecule has 0 radical (unpaired) electrons. The highest BCUT2D eigenvalue weighted by Gasteiger charge is 2.20. The first kappa shape index (κ1) is 18.0. The van der Waals surface area contributed by atoms with Gasteiger partial charge in [-0.05, 0) is 6.07 Å². The molecule has 0 unspecified atom stereocenters. The van der Waals surface area contributed by atoms with Crippen molar-refractivity contribution >= 4 is 21.9 Å². The summed E-state index contributed by atoms with van der Waals surface area (Å²) in [5, 5.41) is 4.94. The van der Waals surface area contributed by atoms with Gasteiger partial charge in [0, 0.05) is 42.9 Å². The third-order valence-corrected chi connectivity index (χ3v) is 5.03. The molecule has 10 heteroatoms. The Labute approximate surface area is 169 Å². The molecule has 150 valence electrons. The van der Waals surface area contributed by atoms with Crippen molar-refractivity contribution in [2.75, 3.05) is 7.11 Å². The average molecular weight is 405 g/mol. The molecule has 4 aromatic heterocycles. The Morgan fingerprint density at radius 1 is 1.03 bits per heavy atom. The monoisotopic (exact) mass is 405 g/mol. The summed E-state index contributed by atoms with van der Waals surface area (Å²) in [5.74, 6) is 0.130. The lowest BCUT2D eigenvalue weighted by molar-refractivity contribution is 0.417. The Bertz CT molecular complexity index is 1480. The Kier molecular flexibility index (Phi) is 3.88. The molecule has 0 aliphatic heterocycles. The normalized spacial score (nSPS) is 11.5. The van der Waals surface area contributed by atoms with E-state index in [4.69, 9.17) is 4.74 Å². The van der Waals surface area contributed by atoms with Gasteiger partial charge in [0.1, 0.15) is 5.75 Å². The number of rotatable bonds is 3. The average Bonchev–Trinajstić information content (AvgIpc) is 3.29. The molecule has 0 atom stereocenters. The number of hydrogen-bond donors (Lipinski definition) is 0. The number of imidazole rings is 1. The van der Waals surface area contributed by atoms with Crippen molar-refractivity contribution in [3.05, 3.63) is 59.4 Å². The zero-order valence-corrected chi connectivity index (χ0v) is 16.4. The van der Waals surface area contributed by atoms with E-state index < -0.39 is 5.82 Å². The summed E-state index contributed by atoms with van der Waals surface area (Å²) in [7, 11) is 5.06. The van der Waals surface area contributed by atoms with Gasteiger partial charge in [-0.15, -0.1) is 0 Å². The second-order valence-electron chi connectivity index (χ2n) is 6.84. The third kappa shape index (κ3) is 2.57. The van der Waals surface area contributed by atoms with Crippen LogP contribution < -0.4 is 10.4 Å². The molecular weight excluding hydrogens is 389 g/mol. The van der Waals surface area contributed by atoms with Crippen LogP contribution in [0.5, 0.6) is 5.75 Å². The number of aromatic nitrogens is 7. The smallest absolute Gasteiger partial charge is 0.335 e. The van der Waals surface area contributed by atoms with Crippen LogP contribution in [0.1, 0.15) is 0 Å². The number of halogens is 1. The van der Waals surface area contributed by atoms with Crippen LogP contribution in [-0.2, 0) is 14.1 Å². The van der Waals surface area contributed by atoms with Gasteiger partial charge in [0.25, 0.3) is 0 Å². The summed E-state index contributed by atoms with van der Waals surface area (Å²) in [6.07, 6.45) is 7.28. The Hall–Kier alpha value is -4.08. The molecule has 0 amide bonds. The number of pyridine rings is 1. The van der Waals surface area contributed by atoms with E-state index in [2.05, 4.69) is 20.1 Å². The van der Waals surface area contributed by atoms with Crippen LogP contribution in [0.15, 0.2) is 47.9 Å². The van der Waals surface area contributed by atoms with E-state index in [1.807, 2.05) is 25.4 Å². The van der Waals surface area contributed by atoms with Crippen molar-refractivity contribution < 1.29 is 9.13 Å². The minimum atomic E-state index is -0.581. The summed E-state index contributed by atoms with van der Waals surface area (Å²) in [4.78, 5) is 25.5. The maximum absolute atomic E-state index is 13.4. The summed E-state index contributed by atoms with van der Waals surface area (Å²) in [6.45, 7) is 0. The van der Waals surface area contributed by atoms with Crippen LogP contribution >= 0.6 is 0 Å². The van der Waals surface area contributed by atoms with Crippen LogP contribution in [0, 0.1) is 5.82 Å². The van der Waals surface area contributed by atoms with Gasteiger partial charge >= 0.3 is 5.69 Å². The van der Waals surface area contributed by atoms with Gasteiger partial charge in [-0.3, -0.25) is 14.2 Å². The summed E-state index contributed by atoms with van der Waals surface area (Å²) in [6, 6.07) is 3.71. The third-order valence-electron chi connectivity index (χ3n) is 5.03. The lowest BCUT2D eigenvalue weighted by Gasteiger charge is -2.10. The van der Waals surface area contributed by atoms with Crippen LogP contribution in [-0.4, -0.2) is 41.0 Å². The summed E-state index contributed by atoms with van der Waals surface area (Å²) in [5.41, 5.74) is 3.11. The topological polar surface area (TPSA) is 92.7 Å². The van der Waals surface area contributed by atoms with E-state index in [0.29, 0.717) is 27.7 Å². The van der Waals surface area contributed by atoms with Crippen molar-refractivity contribution in [1.29, 1.82) is 0 Å². The van der Waals surface area contributed by atoms with Crippen molar-refractivity contribution in [1.82, 2.24) is 33.9 Å². The van der Waals surface area contributed by atoms with Crippen molar-refractivity contribution in [2.24, 2.45) is 14.1 Å². The molecule has 0 saturated heterocycles. The molecule has 0 aliphatic rings. The predicted molar refractivity (Wildman–Crippen MR) is 108 cm³/mol. The van der Waals surface area contributed by atoms with Gasteiger partial charge < -0.3 is 4.74 Å². The number of fused-ring (bicyclic) bond motifs is 3. The van der Waals surface area contributed by atoms with E-state index in [0.717, 1.165) is 23.5 Å². The fraction of sp³-hybridized carbons (Fsp3) is 0.150. The number of nitrogens with zero attached hydrogens (tertiary/aromatic N) is 7. The van der Waals surface area contributed by atoms with Gasteiger partial charge in [0.05, 0.1) is 48.4 Å². The lowest BCUT2D eigenvalue weighted by Crippen LogP contribution is -2.22. The van der Waals surface area contributed by atoms with Crippen LogP contribution in [0.3, 0.4) is 0 Å². The van der Waals surface area contributed by atoms with Gasteiger partial charge in [-0.1, -0.05) is 0 Å². The largest absolute Gasteiger partial charge is 0.496 e. The number of benzene rings is 1. The number of aryl methyl sites for hydroxylation is 2. The van der Waals surface area contributed by atoms with E-state index in [9.17, 15) is 9.18 Å². The first-order valence-corrected chi connectivity index (χ1v) is 9.03. The molecule has 0 N–H and O–H groups in total. The van der Waals surface area contributed by atoms with Crippen molar-refractivity contribution in [3.8, 4) is 22.8 Å². The molecule has 5 aromatic rings. The molecule has 9 nitrogen and oxygen atoms in total. The number of methoxy groups -OCH3 is 1. The molecule has 0 spiro atoms. The Balaban J connectivity index is 1.92. The Morgan fingerprint density at radius 3 is 2.47 bits per heavy atom. The SMILES string of the molecule is COc1cc2ncc3c(c2cc1-c1cnn(C)c1)n(-c1ncc(F)cn1)c(=O)n3C. The van der Waals surface area contributed by atoms with Crippen LogP contribution in [0.2, 0.25) is 0 Å². The second-order valence-corrected chi connectivity index (χ2v) is 6.84. The highest BCUT2D eigenvalue weighted by molar-refractivity contribution is 6.05. The highest BCUT2D eigenvalue weighted by Crippen LogP contribution is 2.36. The quantitative estimate of drug-likeness (QED) is 0.457. The van der Waals surface area contributed by atoms with E-state index in [-0.39, 0.29) is 11.6 Å². The molecule has 0 bridgehead atoms. The minimum Gasteiger partial charge on any atom is -0.496 e. The molecule has 0 aliphatic carbocycles. The molecule has 4 heterocycles. The fourth-order valence-corrected chi connectivity index (χ4v) is 3.59. The van der Waals surface area contributed by atoms with E-state index in [1.165, 1.54) is 9.13 Å². The molecule has 1 aromatic carbocycles. The van der Waals surface area contributed by atoms with Crippen molar-refractivity contribution in [3.63, 3.8) is 0 Å². The van der Waals surface area contributed by atoms with Crippen molar-refractivity contribution in [2.45, 2.75) is 0 Å². The number of hydrogen-bond acceptors (Lipinski definition) is 6. The molecule has 30 heavy (non-hydrogen) atoms. The van der Waals surface area contributed by atoms with Crippen LogP contribution in [0.4, 0.5) is 4.39 Å². The highest BCUT2D eigenvalue weighted by atomic mass is 19.1. The lowest BCUT2D eigenvalue weighted by atomic mass is 10.0. The zero-order valence-electron chi connectivity index (χ0n) is 16.4. The molecule has 0 fully saturated rings. The van der Waals surface area contributed by atoms with E-state index >= 15 is 0 Å². The summed E-state index contributed by atoms with van der Waals surface area (Å²) < 4.78 is 23.4. The van der Waals surface area contributed by atoms with Gasteiger partial charge in [-0.25, -0.2) is 23.7 Å². The number of ether oxygens (including phenoxy) is 1. The maximum atomic E-state index is 13.4. The Morgan fingerprint density at radius 2 is 1.80 bits per heavy atom. The molecule has 5 rings (SSSR count). The van der Waals surface area contributed by atoms with Gasteiger partial charge in [0.2, 0.25) is 5.95 Å². The first-order chi connectivity index (χ1) is 14.5. The first-order valence-electron chi connectivity index (χ1n) is 9.03. The maximum Gasteiger partial charge on any atom is 0.335 e. The standard InChI is InChI=1S/C20H16FN7O2/c1-26-10-11(6-25-26)13-4-14-15(5-17(13)30-3)22-9-16-18(14)28(20(29)27(16)2)19-23-7-12(21)8-24-19/h4-10H,1-3H3.